The fourth-order valence-corrected chi connectivity index (χ4v) is 3.80. The van der Waals surface area contributed by atoms with E-state index in [9.17, 15) is 5.11 Å². The van der Waals surface area contributed by atoms with Crippen molar-refractivity contribution in [1.82, 2.24) is 15.0 Å². The van der Waals surface area contributed by atoms with Crippen molar-refractivity contribution in [3.8, 4) is 11.4 Å². The second-order valence-corrected chi connectivity index (χ2v) is 6.53. The Morgan fingerprint density at radius 3 is 2.78 bits per heavy atom. The Labute approximate surface area is 136 Å². The predicted octanol–water partition coefficient (Wildman–Crippen LogP) is 2.60. The zero-order chi connectivity index (χ0) is 15.6. The molecule has 2 aliphatic rings. The van der Waals surface area contributed by atoms with E-state index in [2.05, 4.69) is 10.3 Å². The number of pyridine rings is 1. The Morgan fingerprint density at radius 2 is 1.96 bits per heavy atom. The van der Waals surface area contributed by atoms with Gasteiger partial charge in [-0.3, -0.25) is 4.98 Å². The minimum absolute atomic E-state index is 0.252. The van der Waals surface area contributed by atoms with E-state index in [-0.39, 0.29) is 6.61 Å². The highest BCUT2D eigenvalue weighted by Crippen LogP contribution is 2.33. The standard InChI is InChI=1S/C18H22N4O/c23-11-13-3-1-5-15(13)20-18-14-4-2-6-16(14)21-17(22-18)12-7-9-19-10-8-12/h7-10,13,15,23H,1-6,11H2,(H,20,21,22)/t13-,15-/m0/s1. The van der Waals surface area contributed by atoms with Gasteiger partial charge in [-0.15, -0.1) is 0 Å². The molecule has 2 N–H and O–H groups in total. The molecular formula is C18H22N4O. The molecule has 2 aliphatic carbocycles. The van der Waals surface area contributed by atoms with Crippen molar-refractivity contribution in [3.63, 3.8) is 0 Å². The van der Waals surface area contributed by atoms with Gasteiger partial charge in [0.2, 0.25) is 0 Å². The maximum Gasteiger partial charge on any atom is 0.161 e. The topological polar surface area (TPSA) is 70.9 Å². The van der Waals surface area contributed by atoms with Crippen LogP contribution in [0.25, 0.3) is 11.4 Å². The number of aryl methyl sites for hydroxylation is 1. The molecule has 0 aromatic carbocycles. The van der Waals surface area contributed by atoms with Gasteiger partial charge < -0.3 is 10.4 Å². The fraction of sp³-hybridized carbons (Fsp3) is 0.500. The van der Waals surface area contributed by atoms with Crippen LogP contribution in [0.3, 0.4) is 0 Å². The Kier molecular flexibility index (Phi) is 3.95. The highest BCUT2D eigenvalue weighted by molar-refractivity contribution is 5.60. The molecule has 5 heteroatoms. The minimum atomic E-state index is 0.252. The molecule has 2 aromatic rings. The number of hydrogen-bond donors (Lipinski definition) is 2. The van der Waals surface area contributed by atoms with Crippen LogP contribution < -0.4 is 5.32 Å². The Bertz CT molecular complexity index is 689. The van der Waals surface area contributed by atoms with E-state index in [1.54, 1.807) is 12.4 Å². The van der Waals surface area contributed by atoms with Gasteiger partial charge in [0.15, 0.2) is 5.82 Å². The molecule has 0 bridgehead atoms. The molecule has 0 saturated heterocycles. The number of nitrogens with zero attached hydrogens (tertiary/aromatic N) is 3. The molecule has 0 radical (unpaired) electrons. The number of rotatable bonds is 4. The lowest BCUT2D eigenvalue weighted by atomic mass is 10.0. The van der Waals surface area contributed by atoms with Crippen molar-refractivity contribution in [2.45, 2.75) is 44.6 Å². The Hall–Kier alpha value is -2.01. The van der Waals surface area contributed by atoms with Gasteiger partial charge in [0.05, 0.1) is 0 Å². The molecule has 120 valence electrons. The summed E-state index contributed by atoms with van der Waals surface area (Å²) in [7, 11) is 0. The first-order valence-electron chi connectivity index (χ1n) is 8.52. The summed E-state index contributed by atoms with van der Waals surface area (Å²) >= 11 is 0. The molecule has 1 fully saturated rings. The summed E-state index contributed by atoms with van der Waals surface area (Å²) in [6, 6.07) is 4.23. The van der Waals surface area contributed by atoms with Crippen LogP contribution in [0, 0.1) is 5.92 Å². The van der Waals surface area contributed by atoms with Crippen molar-refractivity contribution in [2.24, 2.45) is 5.92 Å². The first-order valence-corrected chi connectivity index (χ1v) is 8.52. The number of aromatic nitrogens is 3. The lowest BCUT2D eigenvalue weighted by Crippen LogP contribution is -2.27. The lowest BCUT2D eigenvalue weighted by Gasteiger charge is -2.21. The molecule has 1 saturated carbocycles. The smallest absolute Gasteiger partial charge is 0.161 e. The molecule has 0 aliphatic heterocycles. The highest BCUT2D eigenvalue weighted by atomic mass is 16.3. The van der Waals surface area contributed by atoms with Crippen molar-refractivity contribution in [1.29, 1.82) is 0 Å². The van der Waals surface area contributed by atoms with Gasteiger partial charge in [-0.25, -0.2) is 9.97 Å². The van der Waals surface area contributed by atoms with Crippen molar-refractivity contribution in [2.75, 3.05) is 11.9 Å². The molecule has 0 spiro atoms. The second kappa shape index (κ2) is 6.24. The summed E-state index contributed by atoms with van der Waals surface area (Å²) in [6.07, 6.45) is 10.1. The van der Waals surface area contributed by atoms with Gasteiger partial charge in [0, 0.05) is 47.8 Å². The Balaban J connectivity index is 1.69. The first-order chi connectivity index (χ1) is 11.3. The van der Waals surface area contributed by atoms with E-state index in [1.165, 1.54) is 17.7 Å². The molecule has 4 rings (SSSR count). The SMILES string of the molecule is OC[C@@H]1CCC[C@@H]1Nc1nc(-c2ccncc2)nc2c1CCC2. The molecule has 2 atom stereocenters. The van der Waals surface area contributed by atoms with E-state index in [1.807, 2.05) is 12.1 Å². The number of hydrogen-bond acceptors (Lipinski definition) is 5. The largest absolute Gasteiger partial charge is 0.396 e. The number of nitrogens with one attached hydrogen (secondary N) is 1. The van der Waals surface area contributed by atoms with Crippen LogP contribution in [0.2, 0.25) is 0 Å². The first kappa shape index (κ1) is 14.6. The van der Waals surface area contributed by atoms with E-state index in [0.29, 0.717) is 12.0 Å². The van der Waals surface area contributed by atoms with Crippen LogP contribution in [0.4, 0.5) is 5.82 Å². The van der Waals surface area contributed by atoms with Crippen LogP contribution in [0.1, 0.15) is 36.9 Å². The monoisotopic (exact) mass is 310 g/mol. The summed E-state index contributed by atoms with van der Waals surface area (Å²) in [5.74, 6) is 2.09. The van der Waals surface area contributed by atoms with E-state index in [0.717, 1.165) is 49.3 Å². The number of aliphatic hydroxyl groups is 1. The van der Waals surface area contributed by atoms with Crippen LogP contribution in [-0.2, 0) is 12.8 Å². The highest BCUT2D eigenvalue weighted by Gasteiger charge is 2.29. The average molecular weight is 310 g/mol. The van der Waals surface area contributed by atoms with Gasteiger partial charge in [-0.1, -0.05) is 6.42 Å². The second-order valence-electron chi connectivity index (χ2n) is 6.53. The number of aliphatic hydroxyl groups excluding tert-OH is 1. The quantitative estimate of drug-likeness (QED) is 0.908. The lowest BCUT2D eigenvalue weighted by molar-refractivity contribution is 0.222. The van der Waals surface area contributed by atoms with E-state index < -0.39 is 0 Å². The molecule has 0 unspecified atom stereocenters. The molecule has 5 nitrogen and oxygen atoms in total. The number of anilines is 1. The van der Waals surface area contributed by atoms with Crippen molar-refractivity contribution in [3.05, 3.63) is 35.8 Å². The van der Waals surface area contributed by atoms with E-state index >= 15 is 0 Å². The summed E-state index contributed by atoms with van der Waals surface area (Å²) in [5, 5.41) is 13.2. The molecular weight excluding hydrogens is 288 g/mol. The summed E-state index contributed by atoms with van der Waals surface area (Å²) < 4.78 is 0. The van der Waals surface area contributed by atoms with Crippen LogP contribution in [0.15, 0.2) is 24.5 Å². The van der Waals surface area contributed by atoms with Crippen molar-refractivity contribution < 1.29 is 5.11 Å². The van der Waals surface area contributed by atoms with Crippen LogP contribution in [-0.4, -0.2) is 32.7 Å². The van der Waals surface area contributed by atoms with Crippen LogP contribution >= 0.6 is 0 Å². The van der Waals surface area contributed by atoms with Gasteiger partial charge in [-0.2, -0.15) is 0 Å². The van der Waals surface area contributed by atoms with Gasteiger partial charge in [0.1, 0.15) is 5.82 Å². The van der Waals surface area contributed by atoms with E-state index in [4.69, 9.17) is 9.97 Å². The zero-order valence-corrected chi connectivity index (χ0v) is 13.2. The normalized spacial score (nSPS) is 23.0. The van der Waals surface area contributed by atoms with Crippen LogP contribution in [0.5, 0.6) is 0 Å². The molecule has 2 aromatic heterocycles. The zero-order valence-electron chi connectivity index (χ0n) is 13.2. The summed E-state index contributed by atoms with van der Waals surface area (Å²) in [4.78, 5) is 13.7. The van der Waals surface area contributed by atoms with Gasteiger partial charge >= 0.3 is 0 Å². The maximum absolute atomic E-state index is 9.56. The summed E-state index contributed by atoms with van der Waals surface area (Å²) in [6.45, 7) is 0.252. The third-order valence-corrected chi connectivity index (χ3v) is 5.09. The third kappa shape index (κ3) is 2.81. The predicted molar refractivity (Wildman–Crippen MR) is 89.1 cm³/mol. The minimum Gasteiger partial charge on any atom is -0.396 e. The Morgan fingerprint density at radius 1 is 1.09 bits per heavy atom. The third-order valence-electron chi connectivity index (χ3n) is 5.09. The average Bonchev–Trinajstić information content (AvgIpc) is 3.24. The number of fused-ring (bicyclic) bond motifs is 1. The maximum atomic E-state index is 9.56. The molecule has 2 heterocycles. The van der Waals surface area contributed by atoms with Gasteiger partial charge in [-0.05, 0) is 44.2 Å². The fourth-order valence-electron chi connectivity index (χ4n) is 3.80. The molecule has 0 amide bonds. The van der Waals surface area contributed by atoms with Crippen molar-refractivity contribution >= 4 is 5.82 Å². The summed E-state index contributed by atoms with van der Waals surface area (Å²) in [5.41, 5.74) is 3.45. The van der Waals surface area contributed by atoms with Gasteiger partial charge in [0.25, 0.3) is 0 Å². The molecule has 23 heavy (non-hydrogen) atoms.